The Morgan fingerprint density at radius 2 is 2.33 bits per heavy atom. The first kappa shape index (κ1) is 18.0. The molecular weight excluding hydrogens is 307 g/mol. The van der Waals surface area contributed by atoms with Crippen LogP contribution in [0.3, 0.4) is 0 Å². The predicted molar refractivity (Wildman–Crippen MR) is 95.9 cm³/mol. The molecule has 2 rings (SSSR count). The standard InChI is InChI=1S/C18H23FN4O/c1-12(22-10-8-17(20)21-2)14-7-9-23-15(13-5-4-6-13)11-16(24-3)18(14)19/h8-10,13,17H,2,4-6,11,20H2,1,3H3/b10-8?,18-16-,22-12+,23-15+. The largest absolute Gasteiger partial charge is 0.498 e. The molecule has 5 nitrogen and oxygen atoms in total. The van der Waals surface area contributed by atoms with Crippen LogP contribution in [-0.4, -0.2) is 31.4 Å². The maximum atomic E-state index is 14.8. The molecule has 1 fully saturated rings. The van der Waals surface area contributed by atoms with Crippen LogP contribution in [0.5, 0.6) is 0 Å². The lowest BCUT2D eigenvalue weighted by Gasteiger charge is -2.27. The van der Waals surface area contributed by atoms with Gasteiger partial charge in [0.25, 0.3) is 0 Å². The zero-order chi connectivity index (χ0) is 17.5. The van der Waals surface area contributed by atoms with E-state index < -0.39 is 12.0 Å². The average Bonchev–Trinajstić information content (AvgIpc) is 2.51. The van der Waals surface area contributed by atoms with E-state index in [1.807, 2.05) is 0 Å². The molecule has 1 atom stereocenters. The van der Waals surface area contributed by atoms with E-state index in [-0.39, 0.29) is 11.3 Å². The summed E-state index contributed by atoms with van der Waals surface area (Å²) in [6.07, 6.45) is 7.81. The van der Waals surface area contributed by atoms with Crippen molar-refractivity contribution in [2.75, 3.05) is 7.11 Å². The van der Waals surface area contributed by atoms with Gasteiger partial charge in [0.2, 0.25) is 0 Å². The highest BCUT2D eigenvalue weighted by molar-refractivity contribution is 6.02. The van der Waals surface area contributed by atoms with Crippen LogP contribution in [0.2, 0.25) is 0 Å². The highest BCUT2D eigenvalue weighted by atomic mass is 19.1. The molecule has 0 amide bonds. The Kier molecular flexibility index (Phi) is 6.41. The van der Waals surface area contributed by atoms with Gasteiger partial charge in [-0.1, -0.05) is 12.2 Å². The van der Waals surface area contributed by atoms with E-state index in [2.05, 4.69) is 27.4 Å². The lowest BCUT2D eigenvalue weighted by molar-refractivity contribution is 0.270. The second-order valence-corrected chi connectivity index (χ2v) is 5.74. The monoisotopic (exact) mass is 330 g/mol. The van der Waals surface area contributed by atoms with Gasteiger partial charge in [0.1, 0.15) is 11.9 Å². The van der Waals surface area contributed by atoms with E-state index in [9.17, 15) is 4.39 Å². The molecule has 2 aliphatic rings. The van der Waals surface area contributed by atoms with E-state index in [1.165, 1.54) is 25.9 Å². The molecule has 0 aromatic carbocycles. The zero-order valence-corrected chi connectivity index (χ0v) is 14.1. The van der Waals surface area contributed by atoms with E-state index in [0.29, 0.717) is 18.1 Å². The van der Waals surface area contributed by atoms with Crippen molar-refractivity contribution in [2.24, 2.45) is 26.6 Å². The fourth-order valence-electron chi connectivity index (χ4n) is 2.45. The molecule has 1 aliphatic carbocycles. The third-order valence-corrected chi connectivity index (χ3v) is 4.19. The fraction of sp³-hybridized carbons (Fsp3) is 0.444. The first-order valence-electron chi connectivity index (χ1n) is 7.94. The summed E-state index contributed by atoms with van der Waals surface area (Å²) in [7, 11) is 1.47. The van der Waals surface area contributed by atoms with Crippen molar-refractivity contribution in [2.45, 2.75) is 38.8 Å². The Balaban J connectivity index is 2.33. The van der Waals surface area contributed by atoms with Crippen molar-refractivity contribution in [3.8, 4) is 0 Å². The molecule has 1 aliphatic heterocycles. The van der Waals surface area contributed by atoms with Crippen molar-refractivity contribution < 1.29 is 9.13 Å². The third-order valence-electron chi connectivity index (χ3n) is 4.19. The minimum absolute atomic E-state index is 0.230. The molecule has 0 saturated heterocycles. The van der Waals surface area contributed by atoms with Crippen LogP contribution in [0.1, 0.15) is 32.6 Å². The Labute approximate surface area is 141 Å². The molecule has 0 radical (unpaired) electrons. The molecule has 0 aromatic heterocycles. The first-order chi connectivity index (χ1) is 11.6. The maximum absolute atomic E-state index is 14.8. The van der Waals surface area contributed by atoms with Gasteiger partial charge in [-0.2, -0.15) is 0 Å². The minimum atomic E-state index is -0.534. The molecule has 1 heterocycles. The molecule has 128 valence electrons. The molecule has 0 spiro atoms. The van der Waals surface area contributed by atoms with Crippen molar-refractivity contribution in [3.05, 3.63) is 41.4 Å². The maximum Gasteiger partial charge on any atom is 0.177 e. The van der Waals surface area contributed by atoms with Gasteiger partial charge >= 0.3 is 0 Å². The number of aliphatic imine (C=N–C) groups is 3. The molecule has 1 saturated carbocycles. The van der Waals surface area contributed by atoms with Crippen LogP contribution >= 0.6 is 0 Å². The zero-order valence-electron chi connectivity index (χ0n) is 14.1. The van der Waals surface area contributed by atoms with Crippen LogP contribution in [0, 0.1) is 5.92 Å². The number of hydrogen-bond acceptors (Lipinski definition) is 5. The van der Waals surface area contributed by atoms with E-state index in [4.69, 9.17) is 10.5 Å². The van der Waals surface area contributed by atoms with Crippen molar-refractivity contribution in [1.29, 1.82) is 0 Å². The number of allylic oxidation sites excluding steroid dienone is 3. The normalized spacial score (nSPS) is 26.1. The quantitative estimate of drug-likeness (QED) is 0.598. The SMILES string of the molecule is C=NC(N)C=C/N=C(\C)C1=C=C/N=C(/C2CCC2)C/C(OC)=C\1F. The average molecular weight is 330 g/mol. The second-order valence-electron chi connectivity index (χ2n) is 5.74. The minimum Gasteiger partial charge on any atom is -0.498 e. The van der Waals surface area contributed by atoms with E-state index in [0.717, 1.165) is 18.6 Å². The summed E-state index contributed by atoms with van der Waals surface area (Å²) in [6, 6.07) is 0. The number of hydrogen-bond donors (Lipinski definition) is 1. The summed E-state index contributed by atoms with van der Waals surface area (Å²) < 4.78 is 20.1. The number of methoxy groups -OCH3 is 1. The molecule has 0 aromatic rings. The predicted octanol–water partition coefficient (Wildman–Crippen LogP) is 3.46. The van der Waals surface area contributed by atoms with Gasteiger partial charge in [0, 0.05) is 18.3 Å². The molecule has 24 heavy (non-hydrogen) atoms. The molecular formula is C18H23FN4O. The highest BCUT2D eigenvalue weighted by Gasteiger charge is 2.26. The van der Waals surface area contributed by atoms with Gasteiger partial charge in [0.15, 0.2) is 5.83 Å². The van der Waals surface area contributed by atoms with Crippen molar-refractivity contribution >= 4 is 18.1 Å². The molecule has 2 N–H and O–H groups in total. The van der Waals surface area contributed by atoms with Gasteiger partial charge in [-0.15, -0.1) is 0 Å². The van der Waals surface area contributed by atoms with Gasteiger partial charge in [-0.05, 0) is 38.5 Å². The van der Waals surface area contributed by atoms with Gasteiger partial charge < -0.3 is 10.5 Å². The van der Waals surface area contributed by atoms with Crippen LogP contribution in [0.25, 0.3) is 0 Å². The fourth-order valence-corrected chi connectivity index (χ4v) is 2.45. The van der Waals surface area contributed by atoms with Crippen LogP contribution < -0.4 is 5.73 Å². The topological polar surface area (TPSA) is 72.3 Å². The van der Waals surface area contributed by atoms with Crippen LogP contribution in [-0.2, 0) is 4.74 Å². The van der Waals surface area contributed by atoms with Crippen LogP contribution in [0.4, 0.5) is 4.39 Å². The summed E-state index contributed by atoms with van der Waals surface area (Å²) in [6.45, 7) is 5.03. The lowest BCUT2D eigenvalue weighted by atomic mass is 9.80. The van der Waals surface area contributed by atoms with E-state index in [1.54, 1.807) is 13.0 Å². The van der Waals surface area contributed by atoms with Gasteiger partial charge in [0.05, 0.1) is 24.6 Å². The first-order valence-corrected chi connectivity index (χ1v) is 7.94. The Hall–Kier alpha value is -2.30. The molecule has 6 heteroatoms. The Bertz CT molecular complexity index is 677. The smallest absolute Gasteiger partial charge is 0.177 e. The number of rotatable bonds is 6. The number of halogens is 1. The number of nitrogens with two attached hydrogens (primary N) is 1. The second kappa shape index (κ2) is 8.52. The van der Waals surface area contributed by atoms with Crippen molar-refractivity contribution in [1.82, 2.24) is 0 Å². The molecule has 0 bridgehead atoms. The van der Waals surface area contributed by atoms with Gasteiger partial charge in [-0.3, -0.25) is 15.0 Å². The Morgan fingerprint density at radius 1 is 1.58 bits per heavy atom. The highest BCUT2D eigenvalue weighted by Crippen LogP contribution is 2.32. The summed E-state index contributed by atoms with van der Waals surface area (Å²) in [4.78, 5) is 12.3. The van der Waals surface area contributed by atoms with Crippen molar-refractivity contribution in [3.63, 3.8) is 0 Å². The Morgan fingerprint density at radius 3 is 2.92 bits per heavy atom. The number of nitrogens with zero attached hydrogens (tertiary/aromatic N) is 3. The number of ether oxygens (including phenoxy) is 1. The summed E-state index contributed by atoms with van der Waals surface area (Å²) in [5, 5.41) is 0. The third kappa shape index (κ3) is 4.37. The van der Waals surface area contributed by atoms with Crippen LogP contribution in [0.15, 0.2) is 56.3 Å². The van der Waals surface area contributed by atoms with E-state index >= 15 is 0 Å². The summed E-state index contributed by atoms with van der Waals surface area (Å²) in [5.41, 5.74) is 10.1. The van der Waals surface area contributed by atoms with Gasteiger partial charge in [-0.25, -0.2) is 4.39 Å². The lowest BCUT2D eigenvalue weighted by Crippen LogP contribution is -2.23. The summed E-state index contributed by atoms with van der Waals surface area (Å²) >= 11 is 0. The molecule has 1 unspecified atom stereocenters. The summed E-state index contributed by atoms with van der Waals surface area (Å²) in [5.74, 6) is 0.230.